The van der Waals surface area contributed by atoms with Gasteiger partial charge in [0.05, 0.1) is 0 Å². The molecule has 1 aliphatic heterocycles. The van der Waals surface area contributed by atoms with Gasteiger partial charge < -0.3 is 4.90 Å². The average molecular weight is 421 g/mol. The van der Waals surface area contributed by atoms with Gasteiger partial charge in [-0.15, -0.1) is 0 Å². The normalized spacial score (nSPS) is 18.1. The maximum Gasteiger partial charge on any atom is 0.0363 e. The summed E-state index contributed by atoms with van der Waals surface area (Å²) in [6.45, 7) is 20.4. The van der Waals surface area contributed by atoms with E-state index in [1.54, 1.807) is 11.1 Å². The molecule has 1 fully saturated rings. The van der Waals surface area contributed by atoms with Crippen LogP contribution in [0, 0.1) is 0 Å². The standard InChI is InChI=1S/C29H44N2/c1-9-13-25-18-26(27-19-30(8)23(7)21(5)22(27)6)17-24(11-3)28(25)20-31(16-10-2)29(12-4)14-15-29/h17-19H,7,9-16,20H2,1-6,8H3. The number of likely N-dealkylation sites (N-methyl/N-ethyl adjacent to an activating group) is 1. The number of allylic oxidation sites excluding steroid dienone is 3. The van der Waals surface area contributed by atoms with Crippen molar-refractivity contribution in [1.29, 1.82) is 0 Å². The van der Waals surface area contributed by atoms with Crippen LogP contribution >= 0.6 is 0 Å². The van der Waals surface area contributed by atoms with Crippen molar-refractivity contribution in [2.45, 2.75) is 98.6 Å². The minimum atomic E-state index is 0.467. The van der Waals surface area contributed by atoms with Gasteiger partial charge in [0.2, 0.25) is 0 Å². The van der Waals surface area contributed by atoms with Crippen molar-refractivity contribution in [3.8, 4) is 0 Å². The van der Waals surface area contributed by atoms with Crippen molar-refractivity contribution in [3.05, 3.63) is 64.0 Å². The Morgan fingerprint density at radius 3 is 2.23 bits per heavy atom. The van der Waals surface area contributed by atoms with E-state index in [1.807, 2.05) is 0 Å². The third-order valence-corrected chi connectivity index (χ3v) is 7.79. The number of hydrogen-bond acceptors (Lipinski definition) is 2. The van der Waals surface area contributed by atoms with Crippen LogP contribution < -0.4 is 0 Å². The molecule has 2 nitrogen and oxygen atoms in total. The molecule has 1 aromatic rings. The molecule has 0 atom stereocenters. The Hall–Kier alpha value is -1.80. The molecule has 0 N–H and O–H groups in total. The molecule has 31 heavy (non-hydrogen) atoms. The largest absolute Gasteiger partial charge is 0.351 e. The lowest BCUT2D eigenvalue weighted by Crippen LogP contribution is -2.37. The van der Waals surface area contributed by atoms with Crippen molar-refractivity contribution >= 4 is 5.57 Å². The number of aryl methyl sites for hydroxylation is 2. The Morgan fingerprint density at radius 1 is 1.00 bits per heavy atom. The predicted molar refractivity (Wildman–Crippen MR) is 136 cm³/mol. The summed E-state index contributed by atoms with van der Waals surface area (Å²) in [5, 5.41) is 0. The fourth-order valence-electron chi connectivity index (χ4n) is 5.29. The van der Waals surface area contributed by atoms with Gasteiger partial charge >= 0.3 is 0 Å². The van der Waals surface area contributed by atoms with Crippen molar-refractivity contribution in [2.24, 2.45) is 0 Å². The summed E-state index contributed by atoms with van der Waals surface area (Å²) in [5.41, 5.74) is 11.6. The van der Waals surface area contributed by atoms with Gasteiger partial charge in [0.25, 0.3) is 0 Å². The smallest absolute Gasteiger partial charge is 0.0363 e. The molecule has 1 aliphatic carbocycles. The van der Waals surface area contributed by atoms with Gasteiger partial charge in [0.15, 0.2) is 0 Å². The summed E-state index contributed by atoms with van der Waals surface area (Å²) < 4.78 is 0. The predicted octanol–water partition coefficient (Wildman–Crippen LogP) is 7.49. The maximum atomic E-state index is 4.25. The summed E-state index contributed by atoms with van der Waals surface area (Å²) >= 11 is 0. The molecule has 170 valence electrons. The van der Waals surface area contributed by atoms with Gasteiger partial charge in [-0.1, -0.05) is 52.8 Å². The highest BCUT2D eigenvalue weighted by atomic mass is 15.2. The highest BCUT2D eigenvalue weighted by molar-refractivity contribution is 5.82. The average Bonchev–Trinajstić information content (AvgIpc) is 3.56. The van der Waals surface area contributed by atoms with Gasteiger partial charge in [0.1, 0.15) is 0 Å². The molecule has 1 aromatic carbocycles. The Labute approximate surface area is 191 Å². The van der Waals surface area contributed by atoms with Gasteiger partial charge in [-0.3, -0.25) is 4.90 Å². The molecule has 0 spiro atoms. The molecule has 3 rings (SSSR count). The van der Waals surface area contributed by atoms with Gasteiger partial charge in [-0.05, 0) is 92.3 Å². The van der Waals surface area contributed by atoms with E-state index in [9.17, 15) is 0 Å². The highest BCUT2D eigenvalue weighted by Crippen LogP contribution is 2.46. The highest BCUT2D eigenvalue weighted by Gasteiger charge is 2.45. The fourth-order valence-corrected chi connectivity index (χ4v) is 5.29. The third kappa shape index (κ3) is 4.70. The van der Waals surface area contributed by atoms with Crippen LogP contribution in [0.1, 0.15) is 95.9 Å². The minimum Gasteiger partial charge on any atom is -0.351 e. The lowest BCUT2D eigenvalue weighted by molar-refractivity contribution is 0.161. The lowest BCUT2D eigenvalue weighted by atomic mass is 9.86. The van der Waals surface area contributed by atoms with Gasteiger partial charge in [-0.2, -0.15) is 0 Å². The zero-order valence-electron chi connectivity index (χ0n) is 21.2. The summed E-state index contributed by atoms with van der Waals surface area (Å²) in [6, 6.07) is 4.98. The fraction of sp³-hybridized carbons (Fsp3) is 0.586. The van der Waals surface area contributed by atoms with Crippen LogP contribution in [0.4, 0.5) is 0 Å². The SMILES string of the molecule is C=C1C(C)=C(C)C(c2cc(CC)c(CN(CCC)C3(CC)CC3)c(CCC)c2)=CN1C. The van der Waals surface area contributed by atoms with Crippen LogP contribution in [-0.4, -0.2) is 28.9 Å². The van der Waals surface area contributed by atoms with E-state index in [2.05, 4.69) is 83.3 Å². The Bertz CT molecular complexity index is 882. The Kier molecular flexibility index (Phi) is 7.52. The van der Waals surface area contributed by atoms with E-state index in [1.165, 1.54) is 66.5 Å². The molecule has 0 radical (unpaired) electrons. The second kappa shape index (κ2) is 9.77. The van der Waals surface area contributed by atoms with Crippen LogP contribution in [0.5, 0.6) is 0 Å². The number of hydrogen-bond donors (Lipinski definition) is 0. The number of nitrogens with zero attached hydrogens (tertiary/aromatic N) is 2. The monoisotopic (exact) mass is 420 g/mol. The molecule has 0 bridgehead atoms. The topological polar surface area (TPSA) is 6.48 Å². The molecule has 0 saturated heterocycles. The minimum absolute atomic E-state index is 0.467. The van der Waals surface area contributed by atoms with E-state index in [-0.39, 0.29) is 0 Å². The Morgan fingerprint density at radius 2 is 1.68 bits per heavy atom. The summed E-state index contributed by atoms with van der Waals surface area (Å²) in [5.74, 6) is 0. The molecule has 1 saturated carbocycles. The summed E-state index contributed by atoms with van der Waals surface area (Å²) in [4.78, 5) is 4.99. The zero-order valence-corrected chi connectivity index (χ0v) is 21.2. The molecular weight excluding hydrogens is 376 g/mol. The van der Waals surface area contributed by atoms with E-state index in [0.717, 1.165) is 25.1 Å². The lowest BCUT2D eigenvalue weighted by Gasteiger charge is -2.33. The van der Waals surface area contributed by atoms with E-state index in [0.29, 0.717) is 5.54 Å². The molecule has 2 heteroatoms. The molecular formula is C29H44N2. The van der Waals surface area contributed by atoms with Crippen molar-refractivity contribution in [2.75, 3.05) is 13.6 Å². The number of benzene rings is 1. The first-order valence-corrected chi connectivity index (χ1v) is 12.5. The third-order valence-electron chi connectivity index (χ3n) is 7.79. The molecule has 0 amide bonds. The van der Waals surface area contributed by atoms with Crippen molar-refractivity contribution < 1.29 is 0 Å². The first-order valence-electron chi connectivity index (χ1n) is 12.5. The second-order valence-corrected chi connectivity index (χ2v) is 9.73. The summed E-state index contributed by atoms with van der Waals surface area (Å²) in [7, 11) is 2.11. The van der Waals surface area contributed by atoms with E-state index in [4.69, 9.17) is 0 Å². The van der Waals surface area contributed by atoms with E-state index >= 15 is 0 Å². The molecule has 0 aromatic heterocycles. The van der Waals surface area contributed by atoms with Crippen molar-refractivity contribution in [1.82, 2.24) is 9.80 Å². The van der Waals surface area contributed by atoms with E-state index < -0.39 is 0 Å². The van der Waals surface area contributed by atoms with Crippen LogP contribution in [0.3, 0.4) is 0 Å². The van der Waals surface area contributed by atoms with Gasteiger partial charge in [-0.25, -0.2) is 0 Å². The van der Waals surface area contributed by atoms with Crippen LogP contribution in [-0.2, 0) is 19.4 Å². The maximum absolute atomic E-state index is 4.25. The quantitative estimate of drug-likeness (QED) is 0.387. The van der Waals surface area contributed by atoms with Crippen LogP contribution in [0.15, 0.2) is 41.8 Å². The summed E-state index contributed by atoms with van der Waals surface area (Å²) in [6.07, 6.45) is 11.0. The zero-order chi connectivity index (χ0) is 22.8. The Balaban J connectivity index is 2.06. The van der Waals surface area contributed by atoms with Gasteiger partial charge in [0, 0.05) is 36.6 Å². The van der Waals surface area contributed by atoms with Crippen LogP contribution in [0.2, 0.25) is 0 Å². The van der Waals surface area contributed by atoms with Crippen molar-refractivity contribution in [3.63, 3.8) is 0 Å². The first-order chi connectivity index (χ1) is 14.8. The second-order valence-electron chi connectivity index (χ2n) is 9.73. The van der Waals surface area contributed by atoms with Crippen LogP contribution in [0.25, 0.3) is 5.57 Å². The molecule has 1 heterocycles. The number of rotatable bonds is 10. The first kappa shape index (κ1) is 23.9. The molecule has 2 aliphatic rings. The molecule has 0 unspecified atom stereocenters.